The topological polar surface area (TPSA) is 62.3 Å². The molecule has 29 heavy (non-hydrogen) atoms. The van der Waals surface area contributed by atoms with Crippen molar-refractivity contribution in [3.05, 3.63) is 10.6 Å². The molecule has 0 aromatic heterocycles. The third-order valence-corrected chi connectivity index (χ3v) is 8.74. The van der Waals surface area contributed by atoms with E-state index in [2.05, 4.69) is 24.5 Å². The molecule has 0 aromatic carbocycles. The van der Waals surface area contributed by atoms with Crippen LogP contribution >= 0.6 is 0 Å². The van der Waals surface area contributed by atoms with Gasteiger partial charge in [0.1, 0.15) is 0 Å². The number of carbonyl (C=O) groups is 2. The van der Waals surface area contributed by atoms with Crippen molar-refractivity contribution in [1.82, 2.24) is 0 Å². The number of amides is 2. The van der Waals surface area contributed by atoms with Gasteiger partial charge in [-0.3, -0.25) is 0 Å². The van der Waals surface area contributed by atoms with Crippen LogP contribution in [0.1, 0.15) is 86.0 Å². The minimum Gasteiger partial charge on any atom is -0.650 e. The van der Waals surface area contributed by atoms with Gasteiger partial charge in [0.2, 0.25) is 0 Å². The zero-order chi connectivity index (χ0) is 19.6. The van der Waals surface area contributed by atoms with Crippen LogP contribution in [0.3, 0.4) is 0 Å². The van der Waals surface area contributed by atoms with Gasteiger partial charge in [-0.1, -0.05) is 47.5 Å². The van der Waals surface area contributed by atoms with Crippen molar-refractivity contribution < 1.29 is 47.3 Å². The molecule has 0 bridgehead atoms. The fourth-order valence-corrected chi connectivity index (χ4v) is 7.43. The van der Waals surface area contributed by atoms with Gasteiger partial charge in [0, 0.05) is 5.92 Å². The summed E-state index contributed by atoms with van der Waals surface area (Å²) in [6, 6.07) is 0.235. The Balaban J connectivity index is 0.00000150. The van der Waals surface area contributed by atoms with Crippen LogP contribution in [-0.4, -0.2) is 23.4 Å². The Bertz CT molecular complexity index is 649. The molecule has 0 radical (unpaired) electrons. The summed E-state index contributed by atoms with van der Waals surface area (Å²) in [4.78, 5) is 24.9. The summed E-state index contributed by atoms with van der Waals surface area (Å²) in [5, 5.41) is 9.07. The molecular formula is C23H36Li2N2O2. The number of rotatable bonds is 1. The molecule has 2 amide bonds. The maximum absolute atomic E-state index is 13.0. The average molecular weight is 386 g/mol. The van der Waals surface area contributed by atoms with Crippen LogP contribution in [0.25, 0.3) is 10.6 Å². The second-order valence-electron chi connectivity index (χ2n) is 11.3. The predicted molar refractivity (Wildman–Crippen MR) is 107 cm³/mol. The van der Waals surface area contributed by atoms with Crippen molar-refractivity contribution in [1.29, 1.82) is 0 Å². The van der Waals surface area contributed by atoms with E-state index in [9.17, 15) is 9.59 Å². The molecule has 1 saturated heterocycles. The molecule has 6 unspecified atom stereocenters. The Labute approximate surface area is 201 Å². The third kappa shape index (κ3) is 4.26. The first kappa shape index (κ1) is 25.4. The van der Waals surface area contributed by atoms with Gasteiger partial charge in [0.25, 0.3) is 0 Å². The maximum atomic E-state index is 13.0. The number of piperidine rings is 1. The first-order valence-electron chi connectivity index (χ1n) is 11.0. The molecule has 3 aliphatic carbocycles. The van der Waals surface area contributed by atoms with Crippen LogP contribution in [0.5, 0.6) is 0 Å². The zero-order valence-corrected chi connectivity index (χ0v) is 19.8. The summed E-state index contributed by atoms with van der Waals surface area (Å²) in [6.45, 7) is 10.8. The fraction of sp³-hybridized carbons (Fsp3) is 0.913. The van der Waals surface area contributed by atoms with E-state index in [0.29, 0.717) is 24.2 Å². The van der Waals surface area contributed by atoms with Crippen molar-refractivity contribution in [3.8, 4) is 0 Å². The Morgan fingerprint density at radius 1 is 0.966 bits per heavy atom. The Kier molecular flexibility index (Phi) is 7.51. The van der Waals surface area contributed by atoms with E-state index in [-0.39, 0.29) is 77.9 Å². The molecule has 0 aromatic rings. The number of fused-ring (bicyclic) bond motifs is 5. The maximum Gasteiger partial charge on any atom is 1.00 e. The van der Waals surface area contributed by atoms with Gasteiger partial charge in [-0.2, -0.15) is 0 Å². The van der Waals surface area contributed by atoms with E-state index in [1.165, 1.54) is 19.3 Å². The molecule has 7 atom stereocenters. The van der Waals surface area contributed by atoms with Gasteiger partial charge >= 0.3 is 37.7 Å². The molecule has 1 heterocycles. The first-order chi connectivity index (χ1) is 12.5. The molecule has 4 rings (SSSR count). The Morgan fingerprint density at radius 2 is 1.62 bits per heavy atom. The molecule has 0 N–H and O–H groups in total. The van der Waals surface area contributed by atoms with Crippen molar-refractivity contribution in [2.75, 3.05) is 0 Å². The summed E-state index contributed by atoms with van der Waals surface area (Å²) in [6.07, 6.45) is 8.37. The van der Waals surface area contributed by atoms with Crippen LogP contribution in [0.2, 0.25) is 0 Å². The third-order valence-electron chi connectivity index (χ3n) is 8.74. The van der Waals surface area contributed by atoms with Gasteiger partial charge in [-0.15, -0.1) is 11.6 Å². The molecule has 3 saturated carbocycles. The second-order valence-corrected chi connectivity index (χ2v) is 11.3. The van der Waals surface area contributed by atoms with Crippen molar-refractivity contribution in [2.24, 2.45) is 34.5 Å². The molecule has 4 nitrogen and oxygen atoms in total. The Hall–Kier alpha value is 0.135. The molecule has 4 aliphatic rings. The first-order valence-corrected chi connectivity index (χ1v) is 11.0. The smallest absolute Gasteiger partial charge is 0.650 e. The summed E-state index contributed by atoms with van der Waals surface area (Å²) in [7, 11) is 0. The summed E-state index contributed by atoms with van der Waals surface area (Å²) in [5.41, 5.74) is 0.0122. The minimum atomic E-state index is -0.287. The molecule has 6 heteroatoms. The molecule has 0 spiro atoms. The van der Waals surface area contributed by atoms with Gasteiger partial charge < -0.3 is 20.2 Å². The van der Waals surface area contributed by atoms with Crippen molar-refractivity contribution in [3.63, 3.8) is 0 Å². The largest absolute Gasteiger partial charge is 1.00 e. The van der Waals surface area contributed by atoms with E-state index in [4.69, 9.17) is 0 Å². The summed E-state index contributed by atoms with van der Waals surface area (Å²) >= 11 is 0. The van der Waals surface area contributed by atoms with Crippen LogP contribution in [0.15, 0.2) is 0 Å². The number of nitrogens with zero attached hydrogens (tertiary/aromatic N) is 2. The van der Waals surface area contributed by atoms with Crippen LogP contribution < -0.4 is 37.7 Å². The van der Waals surface area contributed by atoms with Crippen molar-refractivity contribution in [2.45, 2.75) is 97.6 Å². The SMILES string of the molecule is CC(C)(C)[N-]C(=O)[C@H]1CCC2C3CCC4[N-]C(=O)CCC4(C)C3CCC21C.[Li+].[Li+]. The molecule has 152 valence electrons. The zero-order valence-electron chi connectivity index (χ0n) is 19.8. The number of hydrogen-bond donors (Lipinski definition) is 0. The van der Waals surface area contributed by atoms with E-state index in [1.807, 2.05) is 20.8 Å². The Morgan fingerprint density at radius 3 is 2.28 bits per heavy atom. The van der Waals surface area contributed by atoms with Crippen LogP contribution in [0.4, 0.5) is 0 Å². The van der Waals surface area contributed by atoms with Crippen molar-refractivity contribution >= 4 is 11.8 Å². The standard InChI is InChI=1S/C23H38N2O2.2Li/c1-21(2,3)25-20(27)17-8-7-15-14-6-9-18-23(5,13-11-19(26)24-18)16(14)10-12-22(15,17)4;;/h14-18H,6-13H2,1-5H3,(H2,24,25,26,27);;/q;2*+1/p-2/t14?,15?,16?,17-,18?,22?,23?;;/m1../s1. The molecular weight excluding hydrogens is 350 g/mol. The number of carbonyl (C=O) groups excluding carboxylic acids is 2. The van der Waals surface area contributed by atoms with Gasteiger partial charge in [0.05, 0.1) is 11.8 Å². The van der Waals surface area contributed by atoms with Crippen LogP contribution in [-0.2, 0) is 9.59 Å². The van der Waals surface area contributed by atoms with Gasteiger partial charge in [-0.25, -0.2) is 0 Å². The monoisotopic (exact) mass is 386 g/mol. The normalized spacial score (nSPS) is 43.5. The summed E-state index contributed by atoms with van der Waals surface area (Å²) < 4.78 is 0. The van der Waals surface area contributed by atoms with E-state index >= 15 is 0 Å². The van der Waals surface area contributed by atoms with E-state index < -0.39 is 0 Å². The molecule has 4 fully saturated rings. The van der Waals surface area contributed by atoms with Crippen LogP contribution in [0, 0.1) is 34.5 Å². The number of hydrogen-bond acceptors (Lipinski definition) is 2. The predicted octanol–water partition coefficient (Wildman–Crippen LogP) is -0.385. The minimum absolute atomic E-state index is 0. The average Bonchev–Trinajstić information content (AvgIpc) is 2.91. The fourth-order valence-electron chi connectivity index (χ4n) is 7.43. The summed E-state index contributed by atoms with van der Waals surface area (Å²) in [5.74, 6) is 2.36. The van der Waals surface area contributed by atoms with E-state index in [1.54, 1.807) is 0 Å². The quantitative estimate of drug-likeness (QED) is 0.577. The second kappa shape index (κ2) is 8.58. The molecule has 1 aliphatic heterocycles. The van der Waals surface area contributed by atoms with E-state index in [0.717, 1.165) is 25.7 Å². The van der Waals surface area contributed by atoms with Gasteiger partial charge in [-0.05, 0) is 67.1 Å². The van der Waals surface area contributed by atoms with Gasteiger partial charge in [0.15, 0.2) is 0 Å².